The molecule has 0 N–H and O–H groups in total. The number of hydrogen-bond donors (Lipinski definition) is 0. The molecule has 9 aromatic carbocycles. The topological polar surface area (TPSA) is 64.7 Å². The summed E-state index contributed by atoms with van der Waals surface area (Å²) in [4.78, 5) is 20.0. The third kappa shape index (κ3) is 6.33. The predicted molar refractivity (Wildman–Crippen MR) is 257 cm³/mol. The van der Waals surface area contributed by atoms with Crippen molar-refractivity contribution >= 4 is 11.1 Å². The SMILES string of the molecule is c1ccc(-c2nc(-c3ccccc3)nc(-c3cccc(-c4cccc(-c5ccc6c(c5)C(c5ccccc5)(c5ccc7oc(-c8ccccc8)nc7c5)c5ccccc5-6)c4)c3)n2)cc1. The summed E-state index contributed by atoms with van der Waals surface area (Å²) in [5.41, 5.74) is 16.4. The minimum absolute atomic E-state index is 0.614. The lowest BCUT2D eigenvalue weighted by atomic mass is 9.67. The fourth-order valence-corrected chi connectivity index (χ4v) is 9.45. The van der Waals surface area contributed by atoms with Crippen LogP contribution >= 0.6 is 0 Å². The minimum Gasteiger partial charge on any atom is -0.436 e. The highest BCUT2D eigenvalue weighted by atomic mass is 16.3. The Morgan fingerprint density at radius 2 is 0.781 bits per heavy atom. The van der Waals surface area contributed by atoms with Crippen molar-refractivity contribution in [2.24, 2.45) is 0 Å². The highest BCUT2D eigenvalue weighted by molar-refractivity contribution is 5.90. The van der Waals surface area contributed by atoms with Crippen molar-refractivity contribution in [2.45, 2.75) is 5.41 Å². The van der Waals surface area contributed by atoms with E-state index >= 15 is 0 Å². The van der Waals surface area contributed by atoms with Gasteiger partial charge in [0.15, 0.2) is 23.1 Å². The Morgan fingerprint density at radius 3 is 1.42 bits per heavy atom. The lowest BCUT2D eigenvalue weighted by Crippen LogP contribution is -2.28. The molecule has 0 fully saturated rings. The Labute approximate surface area is 371 Å². The van der Waals surface area contributed by atoms with Gasteiger partial charge >= 0.3 is 0 Å². The zero-order valence-electron chi connectivity index (χ0n) is 34.6. The van der Waals surface area contributed by atoms with E-state index in [1.54, 1.807) is 0 Å². The summed E-state index contributed by atoms with van der Waals surface area (Å²) < 4.78 is 6.33. The molecule has 0 amide bonds. The summed E-state index contributed by atoms with van der Waals surface area (Å²) in [7, 11) is 0. The van der Waals surface area contributed by atoms with Crippen LogP contribution in [0.4, 0.5) is 0 Å². The molecule has 11 aromatic rings. The molecule has 0 radical (unpaired) electrons. The van der Waals surface area contributed by atoms with Crippen LogP contribution in [0.15, 0.2) is 235 Å². The maximum atomic E-state index is 6.33. The largest absolute Gasteiger partial charge is 0.436 e. The van der Waals surface area contributed by atoms with Crippen molar-refractivity contribution in [1.82, 2.24) is 19.9 Å². The van der Waals surface area contributed by atoms with Gasteiger partial charge in [0.05, 0.1) is 5.41 Å². The molecule has 64 heavy (non-hydrogen) atoms. The summed E-state index contributed by atoms with van der Waals surface area (Å²) in [6.07, 6.45) is 0. The Morgan fingerprint density at radius 1 is 0.297 bits per heavy atom. The van der Waals surface area contributed by atoms with E-state index in [-0.39, 0.29) is 0 Å². The molecule has 1 aliphatic rings. The highest BCUT2D eigenvalue weighted by Gasteiger charge is 2.46. The van der Waals surface area contributed by atoms with Gasteiger partial charge in [-0.2, -0.15) is 0 Å². The average molecular weight is 819 g/mol. The molecule has 5 nitrogen and oxygen atoms in total. The Bertz CT molecular complexity index is 3440. The standard InChI is InChI=1S/C59H38N4O/c1-5-17-39(18-6-1)55-61-56(40-19-7-2-8-20-40)63-57(62-55)46-26-16-25-44(36-46)42-23-15-24-43(35-42)45-31-33-50-49-29-13-14-30-51(49)59(52(50)37-45,47-27-11-4-12-28-47)48-32-34-54-53(38-48)60-58(64-54)41-21-9-3-10-22-41/h1-38H. The molecule has 0 spiro atoms. The van der Waals surface area contributed by atoms with Crippen LogP contribution in [0.2, 0.25) is 0 Å². The summed E-state index contributed by atoms with van der Waals surface area (Å²) >= 11 is 0. The van der Waals surface area contributed by atoms with Crippen LogP contribution in [-0.2, 0) is 5.41 Å². The Balaban J connectivity index is 0.975. The maximum absolute atomic E-state index is 6.33. The molecule has 0 saturated carbocycles. The van der Waals surface area contributed by atoms with Gasteiger partial charge in [0.25, 0.3) is 0 Å². The second-order valence-electron chi connectivity index (χ2n) is 16.2. The van der Waals surface area contributed by atoms with Gasteiger partial charge in [-0.25, -0.2) is 19.9 Å². The summed E-state index contributed by atoms with van der Waals surface area (Å²) in [6.45, 7) is 0. The third-order valence-electron chi connectivity index (χ3n) is 12.4. The van der Waals surface area contributed by atoms with Gasteiger partial charge in [-0.1, -0.05) is 188 Å². The van der Waals surface area contributed by atoms with E-state index < -0.39 is 5.41 Å². The van der Waals surface area contributed by atoms with Crippen molar-refractivity contribution in [3.05, 3.63) is 253 Å². The highest BCUT2D eigenvalue weighted by Crippen LogP contribution is 2.57. The van der Waals surface area contributed by atoms with Crippen molar-refractivity contribution in [3.63, 3.8) is 0 Å². The molecule has 0 aliphatic heterocycles. The molecule has 2 aromatic heterocycles. The molecule has 1 aliphatic carbocycles. The van der Waals surface area contributed by atoms with Crippen LogP contribution in [-0.4, -0.2) is 19.9 Å². The van der Waals surface area contributed by atoms with Gasteiger partial charge in [0.2, 0.25) is 5.89 Å². The van der Waals surface area contributed by atoms with E-state index in [1.165, 1.54) is 27.8 Å². The smallest absolute Gasteiger partial charge is 0.227 e. The molecule has 300 valence electrons. The fourth-order valence-electron chi connectivity index (χ4n) is 9.45. The van der Waals surface area contributed by atoms with Gasteiger partial charge in [0, 0.05) is 22.3 Å². The number of hydrogen-bond acceptors (Lipinski definition) is 5. The first-order valence-electron chi connectivity index (χ1n) is 21.5. The molecule has 2 heterocycles. The van der Waals surface area contributed by atoms with Crippen LogP contribution in [0.3, 0.4) is 0 Å². The first kappa shape index (κ1) is 37.2. The fraction of sp³-hybridized carbons (Fsp3) is 0.0169. The van der Waals surface area contributed by atoms with Crippen LogP contribution in [0, 0.1) is 0 Å². The van der Waals surface area contributed by atoms with Gasteiger partial charge in [-0.3, -0.25) is 0 Å². The normalized spacial score (nSPS) is 14.0. The van der Waals surface area contributed by atoms with Crippen LogP contribution in [0.1, 0.15) is 22.3 Å². The lowest BCUT2D eigenvalue weighted by Gasteiger charge is -2.34. The van der Waals surface area contributed by atoms with Gasteiger partial charge in [-0.05, 0) is 98.1 Å². The minimum atomic E-state index is -0.614. The number of benzene rings is 9. The second kappa shape index (κ2) is 15.4. The molecule has 1 unspecified atom stereocenters. The maximum Gasteiger partial charge on any atom is 0.227 e. The van der Waals surface area contributed by atoms with Gasteiger partial charge < -0.3 is 4.42 Å². The van der Waals surface area contributed by atoms with Crippen LogP contribution in [0.25, 0.3) is 90.1 Å². The molecular formula is C59H38N4O. The van der Waals surface area contributed by atoms with E-state index in [0.717, 1.165) is 61.2 Å². The van der Waals surface area contributed by atoms with Crippen LogP contribution in [0.5, 0.6) is 0 Å². The van der Waals surface area contributed by atoms with E-state index in [1.807, 2.05) is 91.0 Å². The van der Waals surface area contributed by atoms with Crippen molar-refractivity contribution in [2.75, 3.05) is 0 Å². The van der Waals surface area contributed by atoms with E-state index in [2.05, 4.69) is 140 Å². The van der Waals surface area contributed by atoms with E-state index in [4.69, 9.17) is 24.4 Å². The summed E-state index contributed by atoms with van der Waals surface area (Å²) in [5, 5.41) is 0. The number of nitrogens with zero attached hydrogens (tertiary/aromatic N) is 4. The quantitative estimate of drug-likeness (QED) is 0.153. The zero-order chi connectivity index (χ0) is 42.5. The Kier molecular flexibility index (Phi) is 8.97. The number of fused-ring (bicyclic) bond motifs is 4. The number of aromatic nitrogens is 4. The van der Waals surface area contributed by atoms with Gasteiger partial charge in [0.1, 0.15) is 5.52 Å². The lowest BCUT2D eigenvalue weighted by molar-refractivity contribution is 0.619. The summed E-state index contributed by atoms with van der Waals surface area (Å²) in [6, 6.07) is 80.8. The molecular weight excluding hydrogens is 781 g/mol. The first-order chi connectivity index (χ1) is 31.7. The predicted octanol–water partition coefficient (Wildman–Crippen LogP) is 14.4. The second-order valence-corrected chi connectivity index (χ2v) is 16.2. The first-order valence-corrected chi connectivity index (χ1v) is 21.5. The number of oxazole rings is 1. The average Bonchev–Trinajstić information content (AvgIpc) is 3.95. The molecule has 12 rings (SSSR count). The third-order valence-corrected chi connectivity index (χ3v) is 12.4. The van der Waals surface area contributed by atoms with Crippen molar-refractivity contribution < 1.29 is 4.42 Å². The zero-order valence-corrected chi connectivity index (χ0v) is 34.6. The summed E-state index contributed by atoms with van der Waals surface area (Å²) in [5.74, 6) is 2.52. The van der Waals surface area contributed by atoms with Crippen LogP contribution < -0.4 is 0 Å². The molecule has 0 saturated heterocycles. The van der Waals surface area contributed by atoms with Crippen molar-refractivity contribution in [1.29, 1.82) is 0 Å². The van der Waals surface area contributed by atoms with Gasteiger partial charge in [-0.15, -0.1) is 0 Å². The Hall–Kier alpha value is -8.54. The monoisotopic (exact) mass is 818 g/mol. The number of rotatable bonds is 8. The van der Waals surface area contributed by atoms with Crippen molar-refractivity contribution in [3.8, 4) is 79.0 Å². The van der Waals surface area contributed by atoms with E-state index in [9.17, 15) is 0 Å². The van der Waals surface area contributed by atoms with E-state index in [0.29, 0.717) is 23.4 Å². The molecule has 1 atom stereocenters. The molecule has 0 bridgehead atoms. The molecule has 5 heteroatoms.